The Hall–Kier alpha value is -1.84. The second-order valence-corrected chi connectivity index (χ2v) is 6.14. The number of hydrogen-bond acceptors (Lipinski definition) is 4. The third-order valence-electron chi connectivity index (χ3n) is 3.43. The maximum atomic E-state index is 12.2. The molecule has 0 saturated heterocycles. The van der Waals surface area contributed by atoms with Gasteiger partial charge in [0.2, 0.25) is 0 Å². The van der Waals surface area contributed by atoms with Gasteiger partial charge in [0.15, 0.2) is 0 Å². The summed E-state index contributed by atoms with van der Waals surface area (Å²) < 4.78 is 10.4. The van der Waals surface area contributed by atoms with Crippen LogP contribution in [0.15, 0.2) is 12.1 Å². The standard InChI is InChI=1S/C16H20O4/c1-9-11(10(2)14(17)20-16(3,4)5)6-7-12-13(9)8-19-15(12)18/h6-7,10H,8H2,1-5H3/t10-/m1/s1. The Balaban J connectivity index is 2.30. The molecule has 2 rings (SSSR count). The maximum Gasteiger partial charge on any atom is 0.338 e. The number of fused-ring (bicyclic) bond motifs is 1. The number of carbonyl (C=O) groups excluding carboxylic acids is 2. The highest BCUT2D eigenvalue weighted by Crippen LogP contribution is 2.30. The minimum atomic E-state index is -0.505. The molecule has 0 N–H and O–H groups in total. The van der Waals surface area contributed by atoms with E-state index in [0.717, 1.165) is 16.7 Å². The van der Waals surface area contributed by atoms with Crippen LogP contribution in [-0.4, -0.2) is 17.5 Å². The van der Waals surface area contributed by atoms with Crippen LogP contribution in [0.2, 0.25) is 0 Å². The van der Waals surface area contributed by atoms with Gasteiger partial charge in [0.25, 0.3) is 0 Å². The molecule has 1 aromatic carbocycles. The van der Waals surface area contributed by atoms with E-state index in [-0.39, 0.29) is 24.5 Å². The number of ether oxygens (including phenoxy) is 2. The molecule has 4 heteroatoms. The lowest BCUT2D eigenvalue weighted by Crippen LogP contribution is -2.27. The summed E-state index contributed by atoms with van der Waals surface area (Å²) in [5.41, 5.74) is 2.79. The van der Waals surface area contributed by atoms with Crippen LogP contribution < -0.4 is 0 Å². The summed E-state index contributed by atoms with van der Waals surface area (Å²) >= 11 is 0. The zero-order valence-corrected chi connectivity index (χ0v) is 12.6. The highest BCUT2D eigenvalue weighted by molar-refractivity contribution is 5.94. The van der Waals surface area contributed by atoms with E-state index in [2.05, 4.69) is 0 Å². The Morgan fingerprint density at radius 3 is 2.60 bits per heavy atom. The third-order valence-corrected chi connectivity index (χ3v) is 3.43. The van der Waals surface area contributed by atoms with Gasteiger partial charge in [-0.2, -0.15) is 0 Å². The van der Waals surface area contributed by atoms with Crippen LogP contribution in [0.5, 0.6) is 0 Å². The van der Waals surface area contributed by atoms with Crippen molar-refractivity contribution in [2.75, 3.05) is 0 Å². The normalized spacial score (nSPS) is 15.6. The molecule has 0 radical (unpaired) electrons. The number of carbonyl (C=O) groups is 2. The van der Waals surface area contributed by atoms with Crippen molar-refractivity contribution in [3.8, 4) is 0 Å². The topological polar surface area (TPSA) is 52.6 Å². The number of cyclic esters (lactones) is 1. The van der Waals surface area contributed by atoms with Crippen molar-refractivity contribution in [1.29, 1.82) is 0 Å². The summed E-state index contributed by atoms with van der Waals surface area (Å²) in [6, 6.07) is 3.54. The molecule has 0 unspecified atom stereocenters. The predicted octanol–water partition coefficient (Wildman–Crippen LogP) is 3.11. The fourth-order valence-electron chi connectivity index (χ4n) is 2.35. The van der Waals surface area contributed by atoms with E-state index in [9.17, 15) is 9.59 Å². The van der Waals surface area contributed by atoms with Crippen molar-refractivity contribution in [1.82, 2.24) is 0 Å². The molecule has 0 saturated carbocycles. The average Bonchev–Trinajstić information content (AvgIpc) is 2.70. The molecule has 20 heavy (non-hydrogen) atoms. The Kier molecular flexibility index (Phi) is 3.59. The van der Waals surface area contributed by atoms with Crippen molar-refractivity contribution in [3.05, 3.63) is 34.4 Å². The molecule has 4 nitrogen and oxygen atoms in total. The van der Waals surface area contributed by atoms with E-state index in [1.165, 1.54) is 0 Å². The number of hydrogen-bond donors (Lipinski definition) is 0. The van der Waals surface area contributed by atoms with Crippen molar-refractivity contribution < 1.29 is 19.1 Å². The van der Waals surface area contributed by atoms with E-state index in [4.69, 9.17) is 9.47 Å². The van der Waals surface area contributed by atoms with Crippen LogP contribution in [0.4, 0.5) is 0 Å². The first kappa shape index (κ1) is 14.6. The monoisotopic (exact) mass is 276 g/mol. The predicted molar refractivity (Wildman–Crippen MR) is 74.6 cm³/mol. The summed E-state index contributed by atoms with van der Waals surface area (Å²) in [6.07, 6.45) is 0. The molecule has 0 bridgehead atoms. The van der Waals surface area contributed by atoms with Gasteiger partial charge >= 0.3 is 11.9 Å². The molecule has 0 aromatic heterocycles. The molecule has 1 heterocycles. The zero-order valence-electron chi connectivity index (χ0n) is 12.6. The molecular formula is C16H20O4. The van der Waals surface area contributed by atoms with Gasteiger partial charge < -0.3 is 9.47 Å². The molecule has 0 spiro atoms. The smallest absolute Gasteiger partial charge is 0.338 e. The van der Waals surface area contributed by atoms with E-state index < -0.39 is 5.60 Å². The lowest BCUT2D eigenvalue weighted by atomic mass is 9.91. The maximum absolute atomic E-state index is 12.2. The molecule has 1 aliphatic heterocycles. The lowest BCUT2D eigenvalue weighted by molar-refractivity contribution is -0.156. The van der Waals surface area contributed by atoms with Gasteiger partial charge in [-0.05, 0) is 51.8 Å². The lowest BCUT2D eigenvalue weighted by Gasteiger charge is -2.23. The summed E-state index contributed by atoms with van der Waals surface area (Å²) in [5, 5.41) is 0. The van der Waals surface area contributed by atoms with Crippen LogP contribution in [0.1, 0.15) is 60.7 Å². The third kappa shape index (κ3) is 2.69. The quantitative estimate of drug-likeness (QED) is 0.779. The Bertz CT molecular complexity index is 567. The number of rotatable bonds is 2. The van der Waals surface area contributed by atoms with Gasteiger partial charge in [-0.25, -0.2) is 4.79 Å². The second kappa shape index (κ2) is 4.93. The van der Waals surface area contributed by atoms with E-state index >= 15 is 0 Å². The average molecular weight is 276 g/mol. The fourth-order valence-corrected chi connectivity index (χ4v) is 2.35. The van der Waals surface area contributed by atoms with Crippen molar-refractivity contribution in [2.45, 2.75) is 52.7 Å². The molecule has 0 fully saturated rings. The molecule has 1 aliphatic rings. The Morgan fingerprint density at radius 2 is 2.00 bits per heavy atom. The van der Waals surface area contributed by atoms with Gasteiger partial charge in [0.1, 0.15) is 12.2 Å². The van der Waals surface area contributed by atoms with Crippen LogP contribution in [0.25, 0.3) is 0 Å². The number of esters is 2. The van der Waals surface area contributed by atoms with Gasteiger partial charge in [0.05, 0.1) is 11.5 Å². The first-order valence-corrected chi connectivity index (χ1v) is 6.73. The van der Waals surface area contributed by atoms with Gasteiger partial charge in [-0.3, -0.25) is 4.79 Å². The van der Waals surface area contributed by atoms with Crippen LogP contribution >= 0.6 is 0 Å². The highest BCUT2D eigenvalue weighted by Gasteiger charge is 2.28. The van der Waals surface area contributed by atoms with E-state index in [0.29, 0.717) is 5.56 Å². The van der Waals surface area contributed by atoms with Crippen LogP contribution in [-0.2, 0) is 20.9 Å². The van der Waals surface area contributed by atoms with Gasteiger partial charge in [0, 0.05) is 5.56 Å². The molecule has 0 aliphatic carbocycles. The van der Waals surface area contributed by atoms with Crippen molar-refractivity contribution in [2.24, 2.45) is 0 Å². The fraction of sp³-hybridized carbons (Fsp3) is 0.500. The van der Waals surface area contributed by atoms with E-state index in [1.807, 2.05) is 40.7 Å². The second-order valence-electron chi connectivity index (χ2n) is 6.14. The van der Waals surface area contributed by atoms with Gasteiger partial charge in [-0.1, -0.05) is 6.07 Å². The first-order chi connectivity index (χ1) is 9.20. The molecular weight excluding hydrogens is 256 g/mol. The number of benzene rings is 1. The van der Waals surface area contributed by atoms with Crippen LogP contribution in [0, 0.1) is 6.92 Å². The van der Waals surface area contributed by atoms with Crippen LogP contribution in [0.3, 0.4) is 0 Å². The summed E-state index contributed by atoms with van der Waals surface area (Å²) in [5.74, 6) is -0.916. The minimum Gasteiger partial charge on any atom is -0.460 e. The molecule has 1 atom stereocenters. The minimum absolute atomic E-state index is 0.259. The summed E-state index contributed by atoms with van der Waals surface area (Å²) in [4.78, 5) is 23.7. The summed E-state index contributed by atoms with van der Waals surface area (Å²) in [6.45, 7) is 9.56. The van der Waals surface area contributed by atoms with Crippen molar-refractivity contribution in [3.63, 3.8) is 0 Å². The van der Waals surface area contributed by atoms with Crippen molar-refractivity contribution >= 4 is 11.9 Å². The molecule has 1 aromatic rings. The first-order valence-electron chi connectivity index (χ1n) is 6.73. The summed E-state index contributed by atoms with van der Waals surface area (Å²) in [7, 11) is 0. The van der Waals surface area contributed by atoms with E-state index in [1.54, 1.807) is 6.07 Å². The highest BCUT2D eigenvalue weighted by atomic mass is 16.6. The Labute approximate surface area is 119 Å². The Morgan fingerprint density at radius 1 is 1.35 bits per heavy atom. The molecule has 0 amide bonds. The van der Waals surface area contributed by atoms with Gasteiger partial charge in [-0.15, -0.1) is 0 Å². The molecule has 108 valence electrons. The zero-order chi connectivity index (χ0) is 15.1. The SMILES string of the molecule is Cc1c([C@@H](C)C(=O)OC(C)(C)C)ccc2c1COC2=O. The largest absolute Gasteiger partial charge is 0.460 e.